The molecular weight excluding hydrogens is 470 g/mol. The molecule has 0 amide bonds. The van der Waals surface area contributed by atoms with Crippen LogP contribution in [0.1, 0.15) is 13.8 Å². The Kier molecular flexibility index (Phi) is 8.55. The third-order valence-electron chi connectivity index (χ3n) is 4.02. The SMILES string of the molecule is CCOC(=O)C(=Nc1ccc(-c2ccc(N=C(C(=O)OCC)C(F)(F)F)cc2)cc1)C(F)(F)F. The number of alkyl halides is 6. The van der Waals surface area contributed by atoms with Gasteiger partial charge in [0.1, 0.15) is 0 Å². The van der Waals surface area contributed by atoms with E-state index in [9.17, 15) is 35.9 Å². The van der Waals surface area contributed by atoms with E-state index in [1.54, 1.807) is 0 Å². The topological polar surface area (TPSA) is 77.3 Å². The fourth-order valence-electron chi connectivity index (χ4n) is 2.56. The second-order valence-electron chi connectivity index (χ2n) is 6.45. The number of carbonyl (C=O) groups is 2. The van der Waals surface area contributed by atoms with Crippen LogP contribution in [0.25, 0.3) is 11.1 Å². The van der Waals surface area contributed by atoms with Crippen molar-refractivity contribution in [1.29, 1.82) is 0 Å². The zero-order valence-electron chi connectivity index (χ0n) is 17.8. The molecule has 0 atom stereocenters. The zero-order chi connectivity index (χ0) is 25.5. The highest BCUT2D eigenvalue weighted by atomic mass is 19.4. The first-order valence-electron chi connectivity index (χ1n) is 9.73. The lowest BCUT2D eigenvalue weighted by Crippen LogP contribution is -2.32. The lowest BCUT2D eigenvalue weighted by molar-refractivity contribution is -0.140. The molecule has 34 heavy (non-hydrogen) atoms. The molecule has 0 aromatic heterocycles. The summed E-state index contributed by atoms with van der Waals surface area (Å²) in [4.78, 5) is 29.8. The minimum Gasteiger partial charge on any atom is -0.461 e. The van der Waals surface area contributed by atoms with E-state index in [0.717, 1.165) is 0 Å². The van der Waals surface area contributed by atoms with Crippen LogP contribution in [0.5, 0.6) is 0 Å². The first-order valence-corrected chi connectivity index (χ1v) is 9.73. The van der Waals surface area contributed by atoms with Gasteiger partial charge in [-0.25, -0.2) is 19.6 Å². The van der Waals surface area contributed by atoms with Crippen LogP contribution < -0.4 is 0 Å². The Balaban J connectivity index is 2.30. The third kappa shape index (κ3) is 7.15. The van der Waals surface area contributed by atoms with Crippen molar-refractivity contribution >= 4 is 34.7 Å². The Hall–Kier alpha value is -3.70. The van der Waals surface area contributed by atoms with Crippen LogP contribution in [0.4, 0.5) is 37.7 Å². The highest BCUT2D eigenvalue weighted by molar-refractivity contribution is 6.39. The van der Waals surface area contributed by atoms with Crippen LogP contribution in [0.2, 0.25) is 0 Å². The number of nitrogens with zero attached hydrogens (tertiary/aromatic N) is 2. The summed E-state index contributed by atoms with van der Waals surface area (Å²) in [6, 6.07) is 10.6. The number of rotatable bonds is 7. The minimum absolute atomic E-state index is 0.158. The summed E-state index contributed by atoms with van der Waals surface area (Å²) >= 11 is 0. The number of carbonyl (C=O) groups excluding carboxylic acids is 2. The van der Waals surface area contributed by atoms with E-state index in [2.05, 4.69) is 19.5 Å². The second-order valence-corrected chi connectivity index (χ2v) is 6.45. The molecule has 2 aromatic carbocycles. The fraction of sp³-hybridized carbons (Fsp3) is 0.273. The van der Waals surface area contributed by atoms with Crippen molar-refractivity contribution in [3.05, 3.63) is 48.5 Å². The Morgan fingerprint density at radius 2 is 0.941 bits per heavy atom. The van der Waals surface area contributed by atoms with Gasteiger partial charge in [0.25, 0.3) is 0 Å². The summed E-state index contributed by atoms with van der Waals surface area (Å²) in [5.41, 5.74) is -2.72. The smallest absolute Gasteiger partial charge is 0.440 e. The highest BCUT2D eigenvalue weighted by Gasteiger charge is 2.43. The van der Waals surface area contributed by atoms with Gasteiger partial charge in [0.15, 0.2) is 0 Å². The predicted octanol–water partition coefficient (Wildman–Crippen LogP) is 5.75. The van der Waals surface area contributed by atoms with Gasteiger partial charge in [0.05, 0.1) is 24.6 Å². The third-order valence-corrected chi connectivity index (χ3v) is 4.02. The molecule has 0 saturated heterocycles. The average Bonchev–Trinajstić information content (AvgIpc) is 2.75. The molecule has 12 heteroatoms. The lowest BCUT2D eigenvalue weighted by Gasteiger charge is -2.10. The first kappa shape index (κ1) is 26.6. The van der Waals surface area contributed by atoms with Crippen molar-refractivity contribution in [2.45, 2.75) is 26.2 Å². The standard InChI is InChI=1S/C22H18F6N2O4/c1-3-33-19(31)17(21(23,24)25)29-15-9-5-13(6-10-15)14-7-11-16(12-8-14)30-18(22(26,27)28)20(32)34-4-2/h5-12H,3-4H2,1-2H3. The molecule has 2 aromatic rings. The summed E-state index contributed by atoms with van der Waals surface area (Å²) < 4.78 is 87.2. The van der Waals surface area contributed by atoms with E-state index >= 15 is 0 Å². The number of benzene rings is 2. The monoisotopic (exact) mass is 488 g/mol. The molecule has 6 nitrogen and oxygen atoms in total. The van der Waals surface area contributed by atoms with Crippen LogP contribution in [0.3, 0.4) is 0 Å². The summed E-state index contributed by atoms with van der Waals surface area (Å²) in [7, 11) is 0. The van der Waals surface area contributed by atoms with Gasteiger partial charge in [-0.15, -0.1) is 0 Å². The average molecular weight is 488 g/mol. The van der Waals surface area contributed by atoms with Crippen molar-refractivity contribution in [3.8, 4) is 11.1 Å². The van der Waals surface area contributed by atoms with Crippen molar-refractivity contribution in [3.63, 3.8) is 0 Å². The zero-order valence-corrected chi connectivity index (χ0v) is 17.8. The summed E-state index contributed by atoms with van der Waals surface area (Å²) in [5, 5.41) is 0. The molecule has 0 heterocycles. The number of hydrogen-bond acceptors (Lipinski definition) is 6. The second kappa shape index (κ2) is 10.9. The Morgan fingerprint density at radius 3 is 1.18 bits per heavy atom. The number of aliphatic imine (C=N–C) groups is 2. The normalized spacial score (nSPS) is 12.9. The van der Waals surface area contributed by atoms with E-state index in [0.29, 0.717) is 11.1 Å². The van der Waals surface area contributed by atoms with Crippen molar-refractivity contribution in [2.24, 2.45) is 9.98 Å². The molecule has 0 fully saturated rings. The van der Waals surface area contributed by atoms with Crippen molar-refractivity contribution < 1.29 is 45.4 Å². The minimum atomic E-state index is -5.01. The lowest BCUT2D eigenvalue weighted by atomic mass is 10.1. The summed E-state index contributed by atoms with van der Waals surface area (Å²) in [5.74, 6) is -3.20. The van der Waals surface area contributed by atoms with Crippen LogP contribution in [0.15, 0.2) is 58.5 Å². The number of ether oxygens (including phenoxy) is 2. The molecule has 182 valence electrons. The van der Waals surface area contributed by atoms with Crippen LogP contribution in [-0.2, 0) is 19.1 Å². The predicted molar refractivity (Wildman–Crippen MR) is 111 cm³/mol. The molecule has 0 N–H and O–H groups in total. The molecule has 0 aliphatic rings. The maximum absolute atomic E-state index is 13.1. The van der Waals surface area contributed by atoms with Crippen LogP contribution >= 0.6 is 0 Å². The van der Waals surface area contributed by atoms with E-state index in [1.165, 1.54) is 62.4 Å². The van der Waals surface area contributed by atoms with Gasteiger partial charge in [0, 0.05) is 0 Å². The molecule has 0 aliphatic carbocycles. The van der Waals surface area contributed by atoms with E-state index < -0.39 is 35.7 Å². The Bertz CT molecular complexity index is 985. The largest absolute Gasteiger partial charge is 0.461 e. The molecular formula is C22H18F6N2O4. The molecule has 0 spiro atoms. The Labute approximate surface area is 189 Å². The molecule has 0 bridgehead atoms. The van der Waals surface area contributed by atoms with E-state index in [4.69, 9.17) is 0 Å². The fourth-order valence-corrected chi connectivity index (χ4v) is 2.56. The number of hydrogen-bond donors (Lipinski definition) is 0. The maximum Gasteiger partial charge on any atom is 0.440 e. The molecule has 0 radical (unpaired) electrons. The van der Waals surface area contributed by atoms with Gasteiger partial charge >= 0.3 is 24.3 Å². The molecule has 0 aliphatic heterocycles. The van der Waals surface area contributed by atoms with Crippen molar-refractivity contribution in [2.75, 3.05) is 13.2 Å². The summed E-state index contributed by atoms with van der Waals surface area (Å²) in [6.07, 6.45) is -10.0. The molecule has 0 unspecified atom stereocenters. The number of esters is 2. The Morgan fingerprint density at radius 1 is 0.647 bits per heavy atom. The van der Waals surface area contributed by atoms with Gasteiger partial charge in [-0.2, -0.15) is 26.3 Å². The van der Waals surface area contributed by atoms with Crippen LogP contribution in [0, 0.1) is 0 Å². The van der Waals surface area contributed by atoms with Crippen LogP contribution in [-0.4, -0.2) is 48.9 Å². The van der Waals surface area contributed by atoms with Crippen molar-refractivity contribution in [1.82, 2.24) is 0 Å². The molecule has 0 saturated carbocycles. The van der Waals surface area contributed by atoms with Gasteiger partial charge in [0.2, 0.25) is 11.4 Å². The molecule has 2 rings (SSSR count). The van der Waals surface area contributed by atoms with E-state index in [1.807, 2.05) is 0 Å². The van der Waals surface area contributed by atoms with Gasteiger partial charge in [-0.1, -0.05) is 24.3 Å². The van der Waals surface area contributed by atoms with E-state index in [-0.39, 0.29) is 24.6 Å². The number of halogens is 6. The van der Waals surface area contributed by atoms with Gasteiger partial charge < -0.3 is 9.47 Å². The maximum atomic E-state index is 13.1. The highest BCUT2D eigenvalue weighted by Crippen LogP contribution is 2.28. The summed E-state index contributed by atoms with van der Waals surface area (Å²) in [6.45, 7) is 2.21. The quantitative estimate of drug-likeness (QED) is 0.283. The first-order chi connectivity index (χ1) is 15.9. The van der Waals surface area contributed by atoms with Gasteiger partial charge in [-0.05, 0) is 49.2 Å². The van der Waals surface area contributed by atoms with Gasteiger partial charge in [-0.3, -0.25) is 0 Å².